The van der Waals surface area contributed by atoms with Crippen molar-refractivity contribution < 1.29 is 14.6 Å². The largest absolute Gasteiger partial charge is 0.459 e. The second-order valence-electron chi connectivity index (χ2n) is 3.95. The van der Waals surface area contributed by atoms with Crippen molar-refractivity contribution in [1.29, 1.82) is 0 Å². The normalized spacial score (nSPS) is 13.9. The molecule has 0 radical (unpaired) electrons. The van der Waals surface area contributed by atoms with Gasteiger partial charge in [-0.2, -0.15) is 0 Å². The number of carbonyl (C=O) groups is 1. The Bertz CT molecular complexity index is 161. The third kappa shape index (κ3) is 9.70. The Morgan fingerprint density at radius 1 is 1.54 bits per heavy atom. The lowest BCUT2D eigenvalue weighted by atomic mass is 10.2. The minimum absolute atomic E-state index is 0.224. The molecule has 0 aliphatic heterocycles. The Labute approximate surface area is 83.9 Å². The second kappa shape index (κ2) is 5.50. The molecule has 0 bridgehead atoms. The van der Waals surface area contributed by atoms with Crippen LogP contribution in [0.5, 0.6) is 0 Å². The molecular weight excluding hydrogens is 188 g/mol. The maximum atomic E-state index is 11.1. The predicted octanol–water partition coefficient (Wildman–Crippen LogP) is 1.44. The van der Waals surface area contributed by atoms with E-state index in [9.17, 15) is 4.79 Å². The van der Waals surface area contributed by atoms with Crippen molar-refractivity contribution in [2.24, 2.45) is 0 Å². The maximum absolute atomic E-state index is 11.1. The van der Waals surface area contributed by atoms with Crippen LogP contribution in [0, 0.1) is 0 Å². The van der Waals surface area contributed by atoms with Gasteiger partial charge >= 0.3 is 5.97 Å². The average molecular weight is 206 g/mol. The first-order valence-electron chi connectivity index (χ1n) is 4.29. The number of carbonyl (C=O) groups excluding carboxylic acids is 1. The van der Waals surface area contributed by atoms with Crippen LogP contribution in [-0.4, -0.2) is 34.3 Å². The summed E-state index contributed by atoms with van der Waals surface area (Å²) in [7, 11) is 0. The highest BCUT2D eigenvalue weighted by atomic mass is 32.2. The molecule has 4 heteroatoms. The van der Waals surface area contributed by atoms with E-state index in [4.69, 9.17) is 9.84 Å². The third-order valence-electron chi connectivity index (χ3n) is 0.999. The highest BCUT2D eigenvalue weighted by Crippen LogP contribution is 2.10. The minimum atomic E-state index is -0.414. The first-order valence-corrected chi connectivity index (χ1v) is 5.44. The van der Waals surface area contributed by atoms with Crippen LogP contribution in [0.1, 0.15) is 27.7 Å². The van der Waals surface area contributed by atoms with E-state index in [0.717, 1.165) is 0 Å². The molecular formula is C9H18O3S. The van der Waals surface area contributed by atoms with Crippen LogP contribution < -0.4 is 0 Å². The SMILES string of the molecule is C[C@@H](O)CSCC(=O)OC(C)(C)C. The molecule has 0 aliphatic carbocycles. The van der Waals surface area contributed by atoms with Gasteiger partial charge in [-0.1, -0.05) is 0 Å². The van der Waals surface area contributed by atoms with Gasteiger partial charge in [0.05, 0.1) is 11.9 Å². The zero-order valence-corrected chi connectivity index (χ0v) is 9.48. The molecule has 3 nitrogen and oxygen atoms in total. The Morgan fingerprint density at radius 3 is 2.46 bits per heavy atom. The van der Waals surface area contributed by atoms with Gasteiger partial charge in [-0.25, -0.2) is 0 Å². The number of ether oxygens (including phenoxy) is 1. The van der Waals surface area contributed by atoms with Crippen molar-refractivity contribution in [3.8, 4) is 0 Å². The molecule has 0 fully saturated rings. The molecule has 0 heterocycles. The molecule has 0 saturated carbocycles. The van der Waals surface area contributed by atoms with Crippen molar-refractivity contribution in [3.63, 3.8) is 0 Å². The summed E-state index contributed by atoms with van der Waals surface area (Å²) in [4.78, 5) is 11.1. The van der Waals surface area contributed by atoms with Gasteiger partial charge < -0.3 is 9.84 Å². The summed E-state index contributed by atoms with van der Waals surface area (Å²) in [6.45, 7) is 7.21. The van der Waals surface area contributed by atoms with Crippen LogP contribution in [0.3, 0.4) is 0 Å². The van der Waals surface area contributed by atoms with E-state index < -0.39 is 5.60 Å². The second-order valence-corrected chi connectivity index (χ2v) is 4.98. The van der Waals surface area contributed by atoms with Crippen LogP contribution in [0.4, 0.5) is 0 Å². The van der Waals surface area contributed by atoms with Crippen molar-refractivity contribution >= 4 is 17.7 Å². The van der Waals surface area contributed by atoms with Crippen molar-refractivity contribution in [3.05, 3.63) is 0 Å². The number of aliphatic hydroxyl groups excluding tert-OH is 1. The van der Waals surface area contributed by atoms with Crippen LogP contribution in [0.15, 0.2) is 0 Å². The van der Waals surface area contributed by atoms with Crippen LogP contribution >= 0.6 is 11.8 Å². The Kier molecular flexibility index (Phi) is 5.40. The molecule has 1 atom stereocenters. The zero-order chi connectivity index (χ0) is 10.5. The summed E-state index contributed by atoms with van der Waals surface area (Å²) in [5.74, 6) is 0.652. The molecule has 0 aromatic rings. The zero-order valence-electron chi connectivity index (χ0n) is 8.66. The first-order chi connectivity index (χ1) is 5.81. The molecule has 0 aliphatic rings. The van der Waals surface area contributed by atoms with E-state index in [1.807, 2.05) is 20.8 Å². The summed E-state index contributed by atoms with van der Waals surface area (Å²) in [6.07, 6.45) is -0.368. The summed E-state index contributed by atoms with van der Waals surface area (Å²) < 4.78 is 5.08. The molecule has 0 aromatic heterocycles. The number of hydrogen-bond acceptors (Lipinski definition) is 4. The fourth-order valence-corrected chi connectivity index (χ4v) is 1.37. The number of rotatable bonds is 4. The molecule has 1 N–H and O–H groups in total. The van der Waals surface area contributed by atoms with Gasteiger partial charge in [0.25, 0.3) is 0 Å². The number of esters is 1. The van der Waals surface area contributed by atoms with Gasteiger partial charge in [-0.15, -0.1) is 11.8 Å². The van der Waals surface area contributed by atoms with Gasteiger partial charge in [0.15, 0.2) is 0 Å². The third-order valence-corrected chi connectivity index (χ3v) is 2.16. The van der Waals surface area contributed by atoms with E-state index >= 15 is 0 Å². The lowest BCUT2D eigenvalue weighted by Crippen LogP contribution is -2.25. The van der Waals surface area contributed by atoms with Gasteiger partial charge in [0.1, 0.15) is 5.60 Å². The van der Waals surface area contributed by atoms with E-state index in [1.54, 1.807) is 6.92 Å². The van der Waals surface area contributed by atoms with E-state index in [0.29, 0.717) is 11.5 Å². The molecule has 78 valence electrons. The predicted molar refractivity (Wildman–Crippen MR) is 54.9 cm³/mol. The quantitative estimate of drug-likeness (QED) is 0.707. The van der Waals surface area contributed by atoms with E-state index in [-0.39, 0.29) is 12.1 Å². The molecule has 0 spiro atoms. The van der Waals surface area contributed by atoms with Gasteiger partial charge in [-0.05, 0) is 27.7 Å². The highest BCUT2D eigenvalue weighted by molar-refractivity contribution is 7.99. The van der Waals surface area contributed by atoms with Crippen molar-refractivity contribution in [2.75, 3.05) is 11.5 Å². The fourth-order valence-electron chi connectivity index (χ4n) is 0.684. The average Bonchev–Trinajstić information content (AvgIpc) is 1.81. The Balaban J connectivity index is 3.53. The van der Waals surface area contributed by atoms with Crippen LogP contribution in [0.2, 0.25) is 0 Å². The van der Waals surface area contributed by atoms with E-state index in [2.05, 4.69) is 0 Å². The van der Waals surface area contributed by atoms with E-state index in [1.165, 1.54) is 11.8 Å². The first kappa shape index (κ1) is 12.8. The Hall–Kier alpha value is -0.220. The smallest absolute Gasteiger partial charge is 0.316 e. The topological polar surface area (TPSA) is 46.5 Å². The van der Waals surface area contributed by atoms with Crippen molar-refractivity contribution in [1.82, 2.24) is 0 Å². The minimum Gasteiger partial charge on any atom is -0.459 e. The monoisotopic (exact) mass is 206 g/mol. The summed E-state index contributed by atoms with van der Waals surface area (Å²) in [6, 6.07) is 0. The molecule has 0 saturated heterocycles. The molecule has 0 rings (SSSR count). The van der Waals surface area contributed by atoms with Crippen LogP contribution in [-0.2, 0) is 9.53 Å². The van der Waals surface area contributed by atoms with Crippen molar-refractivity contribution in [2.45, 2.75) is 39.4 Å². The highest BCUT2D eigenvalue weighted by Gasteiger charge is 2.15. The fraction of sp³-hybridized carbons (Fsp3) is 0.889. The number of thioether (sulfide) groups is 1. The van der Waals surface area contributed by atoms with Crippen LogP contribution in [0.25, 0.3) is 0 Å². The van der Waals surface area contributed by atoms with Gasteiger partial charge in [0, 0.05) is 5.75 Å². The summed E-state index contributed by atoms with van der Waals surface area (Å²) in [5, 5.41) is 8.92. The van der Waals surface area contributed by atoms with Gasteiger partial charge in [-0.3, -0.25) is 4.79 Å². The lowest BCUT2D eigenvalue weighted by Gasteiger charge is -2.19. The summed E-state index contributed by atoms with van der Waals surface area (Å²) in [5.41, 5.74) is -0.414. The lowest BCUT2D eigenvalue weighted by molar-refractivity contribution is -0.151. The number of aliphatic hydroxyl groups is 1. The standard InChI is InChI=1S/C9H18O3S/c1-7(10)5-13-6-8(11)12-9(2,3)4/h7,10H,5-6H2,1-4H3/t7-/m1/s1. The van der Waals surface area contributed by atoms with Gasteiger partial charge in [0.2, 0.25) is 0 Å². The molecule has 0 unspecified atom stereocenters. The number of hydrogen-bond donors (Lipinski definition) is 1. The molecule has 13 heavy (non-hydrogen) atoms. The molecule has 0 amide bonds. The maximum Gasteiger partial charge on any atom is 0.316 e. The Morgan fingerprint density at radius 2 is 2.08 bits per heavy atom. The summed E-state index contributed by atoms with van der Waals surface area (Å²) >= 11 is 1.39. The molecule has 0 aromatic carbocycles.